The van der Waals surface area contributed by atoms with Crippen molar-refractivity contribution in [2.75, 3.05) is 6.54 Å². The summed E-state index contributed by atoms with van der Waals surface area (Å²) in [5.41, 5.74) is 8.14. The molecule has 2 N–H and O–H groups in total. The first-order valence-electron chi connectivity index (χ1n) is 3.69. The molecule has 0 amide bonds. The molecular weight excluding hydrogens is 249 g/mol. The molecule has 0 atom stereocenters. The highest BCUT2D eigenvalue weighted by Gasteiger charge is 1.97. The third-order valence-corrected chi connectivity index (χ3v) is 2.63. The van der Waals surface area contributed by atoms with E-state index in [0.29, 0.717) is 0 Å². The maximum atomic E-state index is 5.46. The van der Waals surface area contributed by atoms with Crippen molar-refractivity contribution in [3.05, 3.63) is 32.9 Å². The Kier molecular flexibility index (Phi) is 3.33. The lowest BCUT2D eigenvalue weighted by Gasteiger charge is -2.02. The van der Waals surface area contributed by atoms with Crippen LogP contribution in [0.15, 0.2) is 18.2 Å². The molecule has 0 fully saturated rings. The van der Waals surface area contributed by atoms with Crippen LogP contribution >= 0.6 is 22.6 Å². The lowest BCUT2D eigenvalue weighted by molar-refractivity contribution is 0.961. The van der Waals surface area contributed by atoms with Gasteiger partial charge in [0, 0.05) is 3.57 Å². The molecule has 0 saturated heterocycles. The van der Waals surface area contributed by atoms with E-state index in [0.717, 1.165) is 13.0 Å². The maximum absolute atomic E-state index is 5.46. The molecule has 0 aliphatic heterocycles. The van der Waals surface area contributed by atoms with Gasteiger partial charge in [0.15, 0.2) is 0 Å². The summed E-state index contributed by atoms with van der Waals surface area (Å²) in [6.45, 7) is 2.84. The van der Waals surface area contributed by atoms with Crippen LogP contribution in [0.4, 0.5) is 0 Å². The fraction of sp³-hybridized carbons (Fsp3) is 0.333. The Balaban J connectivity index is 2.90. The van der Waals surface area contributed by atoms with Crippen LogP contribution in [0.1, 0.15) is 11.1 Å². The van der Waals surface area contributed by atoms with E-state index in [-0.39, 0.29) is 0 Å². The average molecular weight is 261 g/mol. The Bertz CT molecular complexity index is 245. The number of nitrogens with two attached hydrogens (primary N) is 1. The van der Waals surface area contributed by atoms with E-state index < -0.39 is 0 Å². The van der Waals surface area contributed by atoms with Crippen molar-refractivity contribution in [3.63, 3.8) is 0 Å². The van der Waals surface area contributed by atoms with Crippen LogP contribution in [-0.4, -0.2) is 6.54 Å². The first-order chi connectivity index (χ1) is 5.24. The van der Waals surface area contributed by atoms with Crippen molar-refractivity contribution < 1.29 is 0 Å². The number of hydrogen-bond donors (Lipinski definition) is 1. The van der Waals surface area contributed by atoms with Crippen LogP contribution in [0, 0.1) is 10.5 Å². The van der Waals surface area contributed by atoms with Gasteiger partial charge in [-0.3, -0.25) is 0 Å². The van der Waals surface area contributed by atoms with E-state index in [1.165, 1.54) is 14.7 Å². The third kappa shape index (κ3) is 2.45. The van der Waals surface area contributed by atoms with Crippen molar-refractivity contribution in [2.45, 2.75) is 13.3 Å². The summed E-state index contributed by atoms with van der Waals surface area (Å²) in [5, 5.41) is 0. The van der Waals surface area contributed by atoms with Crippen LogP contribution in [0.25, 0.3) is 0 Å². The lowest BCUT2D eigenvalue weighted by atomic mass is 10.1. The normalized spacial score (nSPS) is 10.1. The SMILES string of the molecule is Cc1ccc(CCN)c(I)c1. The minimum Gasteiger partial charge on any atom is -0.330 e. The molecule has 0 aliphatic carbocycles. The van der Waals surface area contributed by atoms with Gasteiger partial charge >= 0.3 is 0 Å². The zero-order valence-corrected chi connectivity index (χ0v) is 8.76. The van der Waals surface area contributed by atoms with Crippen molar-refractivity contribution in [1.29, 1.82) is 0 Å². The molecule has 1 aromatic carbocycles. The molecule has 1 nitrogen and oxygen atoms in total. The third-order valence-electron chi connectivity index (χ3n) is 1.62. The molecule has 0 bridgehead atoms. The van der Waals surface area contributed by atoms with Gasteiger partial charge in [-0.05, 0) is 54.1 Å². The van der Waals surface area contributed by atoms with Crippen LogP contribution in [0.3, 0.4) is 0 Å². The quantitative estimate of drug-likeness (QED) is 0.810. The monoisotopic (exact) mass is 261 g/mol. The molecule has 2 heteroatoms. The number of halogens is 1. The van der Waals surface area contributed by atoms with Gasteiger partial charge in [0.2, 0.25) is 0 Å². The molecule has 1 rings (SSSR count). The van der Waals surface area contributed by atoms with Gasteiger partial charge in [-0.25, -0.2) is 0 Å². The van der Waals surface area contributed by atoms with E-state index in [4.69, 9.17) is 5.73 Å². The predicted molar refractivity (Wildman–Crippen MR) is 56.7 cm³/mol. The summed E-state index contributed by atoms with van der Waals surface area (Å²) >= 11 is 2.35. The molecule has 11 heavy (non-hydrogen) atoms. The molecule has 1 aromatic rings. The molecule has 0 saturated carbocycles. The van der Waals surface area contributed by atoms with E-state index in [1.807, 2.05) is 0 Å². The molecule has 60 valence electrons. The van der Waals surface area contributed by atoms with Crippen LogP contribution in [0.2, 0.25) is 0 Å². The van der Waals surface area contributed by atoms with Crippen LogP contribution < -0.4 is 5.73 Å². The predicted octanol–water partition coefficient (Wildman–Crippen LogP) is 2.10. The molecule has 0 unspecified atom stereocenters. The summed E-state index contributed by atoms with van der Waals surface area (Å²) in [5.74, 6) is 0. The molecule has 0 radical (unpaired) electrons. The first kappa shape index (κ1) is 9.00. The van der Waals surface area contributed by atoms with Crippen molar-refractivity contribution in [3.8, 4) is 0 Å². The van der Waals surface area contributed by atoms with E-state index in [2.05, 4.69) is 47.7 Å². The van der Waals surface area contributed by atoms with Gasteiger partial charge in [0.25, 0.3) is 0 Å². The van der Waals surface area contributed by atoms with E-state index in [9.17, 15) is 0 Å². The highest BCUT2D eigenvalue weighted by atomic mass is 127. The molecule has 0 heterocycles. The van der Waals surface area contributed by atoms with Crippen molar-refractivity contribution in [2.24, 2.45) is 5.73 Å². The van der Waals surface area contributed by atoms with Gasteiger partial charge in [0.05, 0.1) is 0 Å². The summed E-state index contributed by atoms with van der Waals surface area (Å²) < 4.78 is 1.33. The molecular formula is C9H12IN. The molecule has 0 aromatic heterocycles. The summed E-state index contributed by atoms with van der Waals surface area (Å²) in [4.78, 5) is 0. The lowest BCUT2D eigenvalue weighted by Crippen LogP contribution is -2.03. The van der Waals surface area contributed by atoms with Gasteiger partial charge in [-0.2, -0.15) is 0 Å². The smallest absolute Gasteiger partial charge is 0.0165 e. The Morgan fingerprint density at radius 3 is 2.73 bits per heavy atom. The zero-order chi connectivity index (χ0) is 8.27. The largest absolute Gasteiger partial charge is 0.330 e. The van der Waals surface area contributed by atoms with Gasteiger partial charge in [0.1, 0.15) is 0 Å². The Morgan fingerprint density at radius 2 is 2.18 bits per heavy atom. The average Bonchev–Trinajstić information content (AvgIpc) is 1.95. The summed E-state index contributed by atoms with van der Waals surface area (Å²) in [7, 11) is 0. The fourth-order valence-corrected chi connectivity index (χ4v) is 1.95. The topological polar surface area (TPSA) is 26.0 Å². The highest BCUT2D eigenvalue weighted by molar-refractivity contribution is 14.1. The van der Waals surface area contributed by atoms with E-state index >= 15 is 0 Å². The molecule has 0 spiro atoms. The number of benzene rings is 1. The standard InChI is InChI=1S/C9H12IN/c1-7-2-3-8(4-5-11)9(10)6-7/h2-3,6H,4-5,11H2,1H3. The van der Waals surface area contributed by atoms with Crippen LogP contribution in [-0.2, 0) is 6.42 Å². The number of hydrogen-bond acceptors (Lipinski definition) is 1. The van der Waals surface area contributed by atoms with Crippen LogP contribution in [0.5, 0.6) is 0 Å². The van der Waals surface area contributed by atoms with Gasteiger partial charge in [-0.1, -0.05) is 17.7 Å². The Hall–Kier alpha value is -0.0900. The second-order valence-electron chi connectivity index (χ2n) is 2.63. The van der Waals surface area contributed by atoms with Gasteiger partial charge in [-0.15, -0.1) is 0 Å². The zero-order valence-electron chi connectivity index (χ0n) is 6.60. The summed E-state index contributed by atoms with van der Waals surface area (Å²) in [6.07, 6.45) is 0.985. The Morgan fingerprint density at radius 1 is 1.45 bits per heavy atom. The van der Waals surface area contributed by atoms with Crippen molar-refractivity contribution >= 4 is 22.6 Å². The first-order valence-corrected chi connectivity index (χ1v) is 4.77. The molecule has 0 aliphatic rings. The van der Waals surface area contributed by atoms with Crippen molar-refractivity contribution in [1.82, 2.24) is 0 Å². The second kappa shape index (κ2) is 4.07. The van der Waals surface area contributed by atoms with E-state index in [1.54, 1.807) is 0 Å². The highest BCUT2D eigenvalue weighted by Crippen LogP contribution is 2.13. The second-order valence-corrected chi connectivity index (χ2v) is 3.80. The summed E-state index contributed by atoms with van der Waals surface area (Å²) in [6, 6.07) is 6.47. The maximum Gasteiger partial charge on any atom is 0.0165 e. The fourth-order valence-electron chi connectivity index (χ4n) is 1.01. The number of rotatable bonds is 2. The Labute approximate surface area is 81.1 Å². The minimum atomic E-state index is 0.735. The minimum absolute atomic E-state index is 0.735. The van der Waals surface area contributed by atoms with Gasteiger partial charge < -0.3 is 5.73 Å². The number of aryl methyl sites for hydroxylation is 1.